The minimum atomic E-state index is -0.382. The zero-order valence-electron chi connectivity index (χ0n) is 17.4. The van der Waals surface area contributed by atoms with Gasteiger partial charge in [0.05, 0.1) is 6.10 Å². The van der Waals surface area contributed by atoms with Gasteiger partial charge in [-0.2, -0.15) is 9.59 Å². The molecule has 28 heavy (non-hydrogen) atoms. The van der Waals surface area contributed by atoms with E-state index >= 15 is 0 Å². The number of hydrogen-bond acceptors (Lipinski definition) is 5. The van der Waals surface area contributed by atoms with Crippen LogP contribution in [0.3, 0.4) is 0 Å². The lowest BCUT2D eigenvalue weighted by molar-refractivity contribution is -0.191. The number of anilines is 2. The second-order valence-electron chi connectivity index (χ2n) is 7.30. The van der Waals surface area contributed by atoms with E-state index in [0.717, 1.165) is 16.9 Å². The van der Waals surface area contributed by atoms with E-state index in [4.69, 9.17) is 14.3 Å². The average molecular weight is 383 g/mol. The number of ether oxygens (including phenoxy) is 1. The van der Waals surface area contributed by atoms with E-state index in [1.165, 1.54) is 5.56 Å². The van der Waals surface area contributed by atoms with Crippen LogP contribution in [0.2, 0.25) is 0 Å². The molecule has 0 aliphatic heterocycles. The summed E-state index contributed by atoms with van der Waals surface area (Å²) in [5.74, 6) is -0.0832. The first-order valence-electron chi connectivity index (χ1n) is 9.33. The van der Waals surface area contributed by atoms with Crippen molar-refractivity contribution < 1.29 is 19.1 Å². The van der Waals surface area contributed by atoms with Gasteiger partial charge in [-0.25, -0.2) is 4.79 Å². The Kier molecular flexibility index (Phi) is 9.13. The number of nitrogens with zero attached hydrogens (tertiary/aromatic N) is 1. The Morgan fingerprint density at radius 2 is 1.46 bits per heavy atom. The highest BCUT2D eigenvalue weighted by Gasteiger charge is 2.32. The maximum Gasteiger partial charge on any atom is 0.373 e. The number of aryl methyl sites for hydroxylation is 2. The second kappa shape index (κ2) is 11.1. The van der Waals surface area contributed by atoms with Crippen LogP contribution in [0.5, 0.6) is 0 Å². The molecule has 0 aliphatic carbocycles. The van der Waals surface area contributed by atoms with E-state index in [1.807, 2.05) is 26.0 Å². The Hall–Kier alpha value is -2.91. The normalized spacial score (nSPS) is 11.3. The number of rotatable bonds is 6. The molecule has 0 radical (unpaired) electrons. The molecule has 0 saturated heterocycles. The lowest BCUT2D eigenvalue weighted by atomic mass is 10.00. The number of hydrogen-bond donors (Lipinski definition) is 0. The fourth-order valence-electron chi connectivity index (χ4n) is 2.93. The van der Waals surface area contributed by atoms with Crippen LogP contribution in [0, 0.1) is 19.8 Å². The quantitative estimate of drug-likeness (QED) is 0.668. The minimum Gasteiger partial charge on any atom is -0.461 e. The first-order chi connectivity index (χ1) is 13.2. The van der Waals surface area contributed by atoms with Crippen molar-refractivity contribution in [3.8, 4) is 0 Å². The van der Waals surface area contributed by atoms with Crippen LogP contribution < -0.4 is 4.90 Å². The average Bonchev–Trinajstić information content (AvgIpc) is 2.60. The topological polar surface area (TPSA) is 63.7 Å². The van der Waals surface area contributed by atoms with Crippen LogP contribution in [0.25, 0.3) is 0 Å². The lowest BCUT2D eigenvalue weighted by Crippen LogP contribution is -2.44. The standard InChI is InChI=1S/C22H29NO2.CO2/c1-15(2)21(22(24)25-16(3)4)23(19-12-10-17(5)11-13-19)20-9-7-8-18(6)14-20;2-1-3/h7-16,21H,1-6H3;. The summed E-state index contributed by atoms with van der Waals surface area (Å²) in [6, 6.07) is 16.1. The first-order valence-corrected chi connectivity index (χ1v) is 9.33. The van der Waals surface area contributed by atoms with Gasteiger partial charge in [-0.05, 0) is 63.4 Å². The summed E-state index contributed by atoms with van der Waals surface area (Å²) >= 11 is 0. The predicted molar refractivity (Wildman–Crippen MR) is 109 cm³/mol. The molecule has 5 heteroatoms. The van der Waals surface area contributed by atoms with E-state index in [-0.39, 0.29) is 30.2 Å². The number of carbonyl (C=O) groups is 1. The second-order valence-corrected chi connectivity index (χ2v) is 7.30. The van der Waals surface area contributed by atoms with Crippen molar-refractivity contribution in [2.75, 3.05) is 4.90 Å². The van der Waals surface area contributed by atoms with Gasteiger partial charge in [0.15, 0.2) is 0 Å². The van der Waals surface area contributed by atoms with Crippen molar-refractivity contribution in [1.82, 2.24) is 0 Å². The summed E-state index contributed by atoms with van der Waals surface area (Å²) in [6.45, 7) is 12.0. The Labute approximate surface area is 167 Å². The highest BCUT2D eigenvalue weighted by Crippen LogP contribution is 2.32. The van der Waals surface area contributed by atoms with E-state index in [2.05, 4.69) is 69.0 Å². The molecule has 2 aromatic carbocycles. The van der Waals surface area contributed by atoms with Crippen LogP contribution in [-0.2, 0) is 19.1 Å². The Balaban J connectivity index is 0.00000122. The summed E-state index contributed by atoms with van der Waals surface area (Å²) in [7, 11) is 0. The van der Waals surface area contributed by atoms with Crippen LogP contribution in [0.1, 0.15) is 38.8 Å². The fraction of sp³-hybridized carbons (Fsp3) is 0.391. The Bertz CT molecular complexity index is 791. The van der Waals surface area contributed by atoms with Crippen LogP contribution in [-0.4, -0.2) is 24.3 Å². The molecule has 0 amide bonds. The summed E-state index contributed by atoms with van der Waals surface area (Å²) in [5.41, 5.74) is 4.35. The summed E-state index contributed by atoms with van der Waals surface area (Å²) in [5, 5.41) is 0. The highest BCUT2D eigenvalue weighted by molar-refractivity contribution is 5.84. The van der Waals surface area contributed by atoms with Gasteiger partial charge in [-0.15, -0.1) is 0 Å². The number of esters is 1. The molecule has 0 N–H and O–H groups in total. The van der Waals surface area contributed by atoms with Crippen molar-refractivity contribution >= 4 is 23.5 Å². The van der Waals surface area contributed by atoms with Gasteiger partial charge >= 0.3 is 12.1 Å². The Morgan fingerprint density at radius 3 is 1.93 bits per heavy atom. The van der Waals surface area contributed by atoms with Gasteiger partial charge in [-0.1, -0.05) is 43.7 Å². The molecule has 0 aliphatic rings. The minimum absolute atomic E-state index is 0.105. The lowest BCUT2D eigenvalue weighted by Gasteiger charge is -2.35. The molecule has 0 fully saturated rings. The molecular weight excluding hydrogens is 354 g/mol. The van der Waals surface area contributed by atoms with Crippen molar-refractivity contribution in [3.05, 3.63) is 59.7 Å². The van der Waals surface area contributed by atoms with E-state index < -0.39 is 0 Å². The molecule has 0 aromatic heterocycles. The third kappa shape index (κ3) is 6.67. The van der Waals surface area contributed by atoms with Crippen molar-refractivity contribution in [3.63, 3.8) is 0 Å². The van der Waals surface area contributed by atoms with Gasteiger partial charge in [0.25, 0.3) is 0 Å². The molecule has 2 aromatic rings. The Morgan fingerprint density at radius 1 is 0.893 bits per heavy atom. The zero-order valence-corrected chi connectivity index (χ0v) is 17.4. The monoisotopic (exact) mass is 383 g/mol. The zero-order chi connectivity index (χ0) is 21.3. The largest absolute Gasteiger partial charge is 0.461 e. The SMILES string of the molecule is Cc1ccc(N(c2cccc(C)c2)C(C(=O)OC(C)C)C(C)C)cc1.O=C=O. The first kappa shape index (κ1) is 23.1. The van der Waals surface area contributed by atoms with E-state index in [0.29, 0.717) is 0 Å². The van der Waals surface area contributed by atoms with Crippen molar-refractivity contribution in [2.45, 2.75) is 53.7 Å². The van der Waals surface area contributed by atoms with Gasteiger partial charge in [0, 0.05) is 11.4 Å². The molecule has 0 heterocycles. The predicted octanol–water partition coefficient (Wildman–Crippen LogP) is 4.83. The molecular formula is C23H29NO4. The third-order valence-corrected chi connectivity index (χ3v) is 4.09. The third-order valence-electron chi connectivity index (χ3n) is 4.09. The van der Waals surface area contributed by atoms with Crippen molar-refractivity contribution in [1.29, 1.82) is 0 Å². The van der Waals surface area contributed by atoms with Gasteiger partial charge in [0.1, 0.15) is 6.04 Å². The fourth-order valence-corrected chi connectivity index (χ4v) is 2.93. The van der Waals surface area contributed by atoms with Gasteiger partial charge in [-0.3, -0.25) is 0 Å². The smallest absolute Gasteiger partial charge is 0.373 e. The van der Waals surface area contributed by atoms with Gasteiger partial charge < -0.3 is 9.64 Å². The van der Waals surface area contributed by atoms with Crippen LogP contribution >= 0.6 is 0 Å². The molecule has 150 valence electrons. The summed E-state index contributed by atoms with van der Waals surface area (Å²) < 4.78 is 5.57. The van der Waals surface area contributed by atoms with Crippen LogP contribution in [0.4, 0.5) is 11.4 Å². The van der Waals surface area contributed by atoms with E-state index in [1.54, 1.807) is 0 Å². The maximum absolute atomic E-state index is 12.9. The molecule has 0 bridgehead atoms. The number of carbonyl (C=O) groups excluding carboxylic acids is 3. The summed E-state index contributed by atoms with van der Waals surface area (Å²) in [6.07, 6.45) is 0.117. The molecule has 1 unspecified atom stereocenters. The molecule has 5 nitrogen and oxygen atoms in total. The van der Waals surface area contributed by atoms with E-state index in [9.17, 15) is 4.79 Å². The molecule has 0 spiro atoms. The van der Waals surface area contributed by atoms with Crippen LogP contribution in [0.15, 0.2) is 48.5 Å². The van der Waals surface area contributed by atoms with Gasteiger partial charge in [0.2, 0.25) is 0 Å². The summed E-state index contributed by atoms with van der Waals surface area (Å²) in [4.78, 5) is 31.2. The molecule has 2 rings (SSSR count). The molecule has 1 atom stereocenters. The highest BCUT2D eigenvalue weighted by atomic mass is 16.5. The number of benzene rings is 2. The van der Waals surface area contributed by atoms with Crippen molar-refractivity contribution in [2.24, 2.45) is 5.92 Å². The maximum atomic E-state index is 12.9. The molecule has 0 saturated carbocycles.